The Morgan fingerprint density at radius 1 is 1.00 bits per heavy atom. The fraction of sp³-hybridized carbons (Fsp3) is 0.438. The number of hydrogen-bond donors (Lipinski definition) is 0. The molecule has 196 valence electrons. The third-order valence-electron chi connectivity index (χ3n) is 7.12. The number of hydrogen-bond acceptors (Lipinski definition) is 3. The van der Waals surface area contributed by atoms with E-state index in [-0.39, 0.29) is 30.3 Å². The molecule has 1 aliphatic rings. The molecule has 0 aliphatic carbocycles. The minimum absolute atomic E-state index is 0.00671. The van der Waals surface area contributed by atoms with Gasteiger partial charge in [0.25, 0.3) is 5.91 Å². The first kappa shape index (κ1) is 27.1. The van der Waals surface area contributed by atoms with E-state index in [0.29, 0.717) is 18.7 Å². The van der Waals surface area contributed by atoms with Crippen molar-refractivity contribution in [2.75, 3.05) is 19.6 Å². The maximum absolute atomic E-state index is 13.8. The first-order valence-corrected chi connectivity index (χ1v) is 14.6. The summed E-state index contributed by atoms with van der Waals surface area (Å²) in [5.41, 5.74) is 4.26. The lowest BCUT2D eigenvalue weighted by Crippen LogP contribution is -2.47. The SMILES string of the molecule is CCCCCCc1ccc(C(=O)N(CC(=O)N2CCc3sccc3[C@H]2c2ccccc2)CC(C)C)cc1. The summed E-state index contributed by atoms with van der Waals surface area (Å²) in [6.07, 6.45) is 6.83. The molecule has 3 aromatic rings. The van der Waals surface area contributed by atoms with Crippen LogP contribution in [0.1, 0.15) is 84.4 Å². The second-order valence-corrected chi connectivity index (χ2v) is 11.5. The van der Waals surface area contributed by atoms with Crippen LogP contribution < -0.4 is 0 Å². The van der Waals surface area contributed by atoms with Crippen LogP contribution in [-0.4, -0.2) is 41.2 Å². The number of benzene rings is 2. The van der Waals surface area contributed by atoms with Gasteiger partial charge in [-0.3, -0.25) is 9.59 Å². The van der Waals surface area contributed by atoms with Crippen LogP contribution in [0.5, 0.6) is 0 Å². The Kier molecular flexibility index (Phi) is 9.56. The van der Waals surface area contributed by atoms with E-state index in [0.717, 1.165) is 18.4 Å². The molecular weight excluding hydrogens is 476 g/mol. The minimum atomic E-state index is -0.105. The first-order chi connectivity index (χ1) is 18.0. The summed E-state index contributed by atoms with van der Waals surface area (Å²) in [5.74, 6) is 0.209. The molecule has 0 saturated carbocycles. The molecule has 0 bridgehead atoms. The lowest BCUT2D eigenvalue weighted by molar-refractivity contribution is -0.134. The van der Waals surface area contributed by atoms with E-state index < -0.39 is 0 Å². The molecule has 2 heterocycles. The minimum Gasteiger partial charge on any atom is -0.330 e. The molecule has 2 aromatic carbocycles. The maximum atomic E-state index is 13.8. The highest BCUT2D eigenvalue weighted by molar-refractivity contribution is 7.10. The normalized spacial score (nSPS) is 15.0. The van der Waals surface area contributed by atoms with Crippen LogP contribution in [0.3, 0.4) is 0 Å². The number of unbranched alkanes of at least 4 members (excludes halogenated alkanes) is 3. The summed E-state index contributed by atoms with van der Waals surface area (Å²) >= 11 is 1.77. The van der Waals surface area contributed by atoms with E-state index in [1.165, 1.54) is 41.7 Å². The average Bonchev–Trinajstić information content (AvgIpc) is 3.39. The Bertz CT molecular complexity index is 1150. The van der Waals surface area contributed by atoms with Crippen LogP contribution in [0.25, 0.3) is 0 Å². The fourth-order valence-electron chi connectivity index (χ4n) is 5.25. The summed E-state index contributed by atoms with van der Waals surface area (Å²) in [6.45, 7) is 7.73. The summed E-state index contributed by atoms with van der Waals surface area (Å²) in [7, 11) is 0. The molecule has 4 nitrogen and oxygen atoms in total. The molecule has 0 radical (unpaired) electrons. The van der Waals surface area contributed by atoms with Gasteiger partial charge in [0.1, 0.15) is 6.54 Å². The Hall–Kier alpha value is -2.92. The Morgan fingerprint density at radius 3 is 2.46 bits per heavy atom. The molecular formula is C32H40N2O2S. The van der Waals surface area contributed by atoms with Gasteiger partial charge in [0.05, 0.1) is 6.04 Å². The molecule has 0 saturated heterocycles. The molecule has 0 spiro atoms. The fourth-order valence-corrected chi connectivity index (χ4v) is 6.15. The molecule has 0 N–H and O–H groups in total. The van der Waals surface area contributed by atoms with Gasteiger partial charge >= 0.3 is 0 Å². The zero-order chi connectivity index (χ0) is 26.2. The molecule has 37 heavy (non-hydrogen) atoms. The smallest absolute Gasteiger partial charge is 0.254 e. The Balaban J connectivity index is 1.50. The van der Waals surface area contributed by atoms with Crippen molar-refractivity contribution in [1.82, 2.24) is 9.80 Å². The first-order valence-electron chi connectivity index (χ1n) is 13.8. The van der Waals surface area contributed by atoms with Gasteiger partial charge in [0, 0.05) is 23.5 Å². The van der Waals surface area contributed by atoms with Gasteiger partial charge in [-0.2, -0.15) is 0 Å². The van der Waals surface area contributed by atoms with Crippen LogP contribution in [0.15, 0.2) is 66.0 Å². The van der Waals surface area contributed by atoms with Crippen molar-refractivity contribution in [3.05, 3.63) is 93.2 Å². The monoisotopic (exact) mass is 516 g/mol. The van der Waals surface area contributed by atoms with Crippen molar-refractivity contribution in [3.8, 4) is 0 Å². The van der Waals surface area contributed by atoms with Crippen LogP contribution in [0, 0.1) is 5.92 Å². The molecule has 1 aromatic heterocycles. The predicted molar refractivity (Wildman–Crippen MR) is 153 cm³/mol. The second-order valence-electron chi connectivity index (χ2n) is 10.5. The summed E-state index contributed by atoms with van der Waals surface area (Å²) in [5, 5.41) is 2.12. The standard InChI is InChI=1S/C32H40N2O2S/c1-4-5-6-8-11-25-14-16-27(17-15-25)32(36)33(22-24(2)3)23-30(35)34-20-18-29-28(19-21-37-29)31(34)26-12-9-7-10-13-26/h7,9-10,12-17,19,21,24,31H,4-6,8,11,18,20,22-23H2,1-3H3/t31-/m1/s1. The summed E-state index contributed by atoms with van der Waals surface area (Å²) in [4.78, 5) is 32.4. The summed E-state index contributed by atoms with van der Waals surface area (Å²) in [6, 6.07) is 20.3. The lowest BCUT2D eigenvalue weighted by atomic mass is 9.93. The van der Waals surface area contributed by atoms with Gasteiger partial charge in [-0.1, -0.05) is 82.5 Å². The topological polar surface area (TPSA) is 40.6 Å². The van der Waals surface area contributed by atoms with Crippen molar-refractivity contribution in [2.45, 2.75) is 65.3 Å². The molecule has 5 heteroatoms. The van der Waals surface area contributed by atoms with Crippen molar-refractivity contribution < 1.29 is 9.59 Å². The Morgan fingerprint density at radius 2 is 1.76 bits per heavy atom. The van der Waals surface area contributed by atoms with E-state index in [2.05, 4.69) is 56.5 Å². The van der Waals surface area contributed by atoms with Gasteiger partial charge in [0.2, 0.25) is 5.91 Å². The number of carbonyl (C=O) groups excluding carboxylic acids is 2. The summed E-state index contributed by atoms with van der Waals surface area (Å²) < 4.78 is 0. The lowest BCUT2D eigenvalue weighted by Gasteiger charge is -2.38. The number of thiophene rings is 1. The number of carbonyl (C=O) groups is 2. The third-order valence-corrected chi connectivity index (χ3v) is 8.12. The predicted octanol–water partition coefficient (Wildman–Crippen LogP) is 7.14. The molecule has 1 atom stereocenters. The van der Waals surface area contributed by atoms with Crippen molar-refractivity contribution in [2.24, 2.45) is 5.92 Å². The molecule has 4 rings (SSSR count). The molecule has 0 fully saturated rings. The van der Waals surface area contributed by atoms with Crippen LogP contribution in [0.4, 0.5) is 0 Å². The zero-order valence-corrected chi connectivity index (χ0v) is 23.3. The third kappa shape index (κ3) is 6.89. The average molecular weight is 517 g/mol. The van der Waals surface area contributed by atoms with Crippen LogP contribution >= 0.6 is 11.3 Å². The largest absolute Gasteiger partial charge is 0.330 e. The van der Waals surface area contributed by atoms with E-state index in [1.807, 2.05) is 35.2 Å². The van der Waals surface area contributed by atoms with E-state index in [1.54, 1.807) is 16.2 Å². The highest BCUT2D eigenvalue weighted by Crippen LogP contribution is 2.37. The van der Waals surface area contributed by atoms with Crippen LogP contribution in [0.2, 0.25) is 0 Å². The number of aryl methyl sites for hydroxylation is 1. The number of nitrogens with zero attached hydrogens (tertiary/aromatic N) is 2. The van der Waals surface area contributed by atoms with Gasteiger partial charge in [0.15, 0.2) is 0 Å². The number of fused-ring (bicyclic) bond motifs is 1. The molecule has 2 amide bonds. The maximum Gasteiger partial charge on any atom is 0.254 e. The highest BCUT2D eigenvalue weighted by Gasteiger charge is 2.34. The second kappa shape index (κ2) is 13.0. The van der Waals surface area contributed by atoms with Gasteiger partial charge in [-0.05, 0) is 65.4 Å². The van der Waals surface area contributed by atoms with E-state index >= 15 is 0 Å². The van der Waals surface area contributed by atoms with Crippen molar-refractivity contribution >= 4 is 23.2 Å². The highest BCUT2D eigenvalue weighted by atomic mass is 32.1. The van der Waals surface area contributed by atoms with E-state index in [9.17, 15) is 9.59 Å². The zero-order valence-electron chi connectivity index (χ0n) is 22.5. The number of rotatable bonds is 11. The number of amides is 2. The van der Waals surface area contributed by atoms with Gasteiger partial charge < -0.3 is 9.80 Å². The van der Waals surface area contributed by atoms with Crippen molar-refractivity contribution in [3.63, 3.8) is 0 Å². The quantitative estimate of drug-likeness (QED) is 0.254. The Labute approximate surface area is 226 Å². The molecule has 0 unspecified atom stereocenters. The molecule has 1 aliphatic heterocycles. The van der Waals surface area contributed by atoms with Gasteiger partial charge in [-0.15, -0.1) is 11.3 Å². The van der Waals surface area contributed by atoms with E-state index in [4.69, 9.17) is 0 Å². The van der Waals surface area contributed by atoms with Gasteiger partial charge in [-0.25, -0.2) is 0 Å². The van der Waals surface area contributed by atoms with Crippen LogP contribution in [-0.2, 0) is 17.6 Å². The van der Waals surface area contributed by atoms with Crippen molar-refractivity contribution in [1.29, 1.82) is 0 Å².